The summed E-state index contributed by atoms with van der Waals surface area (Å²) in [7, 11) is -3.32. The molecule has 0 aliphatic carbocycles. The molecule has 0 saturated heterocycles. The summed E-state index contributed by atoms with van der Waals surface area (Å²) in [5.41, 5.74) is 2.58. The molecule has 0 aliphatic heterocycles. The van der Waals surface area contributed by atoms with Crippen LogP contribution in [0.5, 0.6) is 0 Å². The fraction of sp³-hybridized carbons (Fsp3) is 0.0952. The second kappa shape index (κ2) is 8.27. The van der Waals surface area contributed by atoms with Crippen LogP contribution in [0, 0.1) is 18.3 Å². The molecule has 0 atom stereocenters. The first-order valence-corrected chi connectivity index (χ1v) is 9.63. The molecule has 0 fully saturated rings. The van der Waals surface area contributed by atoms with Crippen LogP contribution in [0.1, 0.15) is 11.1 Å². The average molecular weight is 349 g/mol. The number of sulfone groups is 1. The van der Waals surface area contributed by atoms with Gasteiger partial charge in [-0.15, -0.1) is 0 Å². The second-order valence-corrected chi connectivity index (χ2v) is 7.50. The molecule has 0 spiro atoms. The van der Waals surface area contributed by atoms with E-state index in [1.165, 1.54) is 0 Å². The van der Waals surface area contributed by atoms with Crippen LogP contribution in [0.2, 0.25) is 0 Å². The highest BCUT2D eigenvalue weighted by molar-refractivity contribution is 7.90. The van der Waals surface area contributed by atoms with E-state index < -0.39 is 9.84 Å². The first-order chi connectivity index (χ1) is 11.9. The number of hydrogen-bond donors (Lipinski definition) is 0. The van der Waals surface area contributed by atoms with Gasteiger partial charge >= 0.3 is 0 Å². The molecule has 25 heavy (non-hydrogen) atoms. The van der Waals surface area contributed by atoms with Gasteiger partial charge in [-0.25, -0.2) is 8.42 Å². The molecule has 0 amide bonds. The van der Waals surface area contributed by atoms with Gasteiger partial charge in [0.25, 0.3) is 0 Å². The fourth-order valence-corrected chi connectivity index (χ4v) is 3.45. The Bertz CT molecular complexity index is 947. The highest BCUT2D eigenvalue weighted by atomic mass is 32.2. The van der Waals surface area contributed by atoms with Crippen molar-refractivity contribution in [2.45, 2.75) is 11.8 Å². The Hall–Kier alpha value is -2.90. The molecule has 0 bridgehead atoms. The number of benzene rings is 3. The lowest BCUT2D eigenvalue weighted by molar-refractivity contribution is 0.601. The van der Waals surface area contributed by atoms with Crippen LogP contribution in [0.25, 0.3) is 11.1 Å². The van der Waals surface area contributed by atoms with E-state index in [-0.39, 0.29) is 4.90 Å². The van der Waals surface area contributed by atoms with Gasteiger partial charge in [0.1, 0.15) is 6.07 Å². The summed E-state index contributed by atoms with van der Waals surface area (Å²) in [6.45, 7) is 1.67. The van der Waals surface area contributed by atoms with E-state index in [9.17, 15) is 13.7 Å². The molecule has 126 valence electrons. The molecule has 0 N–H and O–H groups in total. The molecule has 0 aliphatic rings. The normalized spacial score (nSPS) is 10.3. The molecular formula is C21H19NO2S. The summed E-state index contributed by atoms with van der Waals surface area (Å²) in [6, 6.07) is 26.8. The minimum atomic E-state index is -3.32. The zero-order chi connectivity index (χ0) is 18.3. The van der Waals surface area contributed by atoms with Crippen LogP contribution < -0.4 is 0 Å². The van der Waals surface area contributed by atoms with Gasteiger partial charge in [-0.2, -0.15) is 5.26 Å². The van der Waals surface area contributed by atoms with Crippen molar-refractivity contribution in [1.29, 1.82) is 5.26 Å². The van der Waals surface area contributed by atoms with Gasteiger partial charge in [-0.3, -0.25) is 0 Å². The first kappa shape index (κ1) is 18.4. The number of rotatable bonds is 2. The summed E-state index contributed by atoms with van der Waals surface area (Å²) in [4.78, 5) is 0.212. The van der Waals surface area contributed by atoms with Crippen LogP contribution in [-0.2, 0) is 9.84 Å². The molecule has 4 heteroatoms. The van der Waals surface area contributed by atoms with Crippen molar-refractivity contribution in [2.24, 2.45) is 0 Å². The topological polar surface area (TPSA) is 57.9 Å². The maximum atomic E-state index is 11.7. The van der Waals surface area contributed by atoms with E-state index in [1.807, 2.05) is 66.7 Å². The third-order valence-electron chi connectivity index (χ3n) is 3.68. The van der Waals surface area contributed by atoms with Crippen molar-refractivity contribution >= 4 is 9.84 Å². The van der Waals surface area contributed by atoms with Crippen molar-refractivity contribution in [1.82, 2.24) is 0 Å². The Kier molecular flexibility index (Phi) is 6.10. The molecule has 0 saturated carbocycles. The molecule has 3 nitrogen and oxygen atoms in total. The lowest BCUT2D eigenvalue weighted by Gasteiger charge is -2.10. The molecule has 3 aromatic rings. The SMILES string of the molecule is Cc1c(S(C)(=O)=O)ccc(-c2ccccc2)c1C#N.c1ccccc1. The highest BCUT2D eigenvalue weighted by Gasteiger charge is 2.17. The summed E-state index contributed by atoms with van der Waals surface area (Å²) in [6.07, 6.45) is 1.15. The molecule has 0 aromatic heterocycles. The van der Waals surface area contributed by atoms with E-state index in [0.29, 0.717) is 11.1 Å². The summed E-state index contributed by atoms with van der Waals surface area (Å²) in [5, 5.41) is 9.31. The van der Waals surface area contributed by atoms with Gasteiger partial charge in [-0.05, 0) is 29.7 Å². The van der Waals surface area contributed by atoms with Gasteiger partial charge < -0.3 is 0 Å². The summed E-state index contributed by atoms with van der Waals surface area (Å²) >= 11 is 0. The molecule has 3 rings (SSSR count). The molecular weight excluding hydrogens is 330 g/mol. The monoisotopic (exact) mass is 349 g/mol. The van der Waals surface area contributed by atoms with Crippen LogP contribution in [0.3, 0.4) is 0 Å². The molecule has 3 aromatic carbocycles. The average Bonchev–Trinajstić information content (AvgIpc) is 2.63. The van der Waals surface area contributed by atoms with Gasteiger partial charge in [0, 0.05) is 6.26 Å². The Morgan fingerprint density at radius 2 is 1.28 bits per heavy atom. The van der Waals surface area contributed by atoms with Crippen LogP contribution in [-0.4, -0.2) is 14.7 Å². The van der Waals surface area contributed by atoms with Gasteiger partial charge in [-0.1, -0.05) is 72.8 Å². The molecule has 0 heterocycles. The fourth-order valence-electron chi connectivity index (χ4n) is 2.48. The maximum Gasteiger partial charge on any atom is 0.175 e. The van der Waals surface area contributed by atoms with Crippen LogP contribution >= 0.6 is 0 Å². The predicted molar refractivity (Wildman–Crippen MR) is 101 cm³/mol. The van der Waals surface area contributed by atoms with E-state index in [0.717, 1.165) is 17.4 Å². The van der Waals surface area contributed by atoms with E-state index in [1.54, 1.807) is 19.1 Å². The molecule has 0 radical (unpaired) electrons. The van der Waals surface area contributed by atoms with Crippen LogP contribution in [0.15, 0.2) is 83.8 Å². The number of hydrogen-bond acceptors (Lipinski definition) is 3. The largest absolute Gasteiger partial charge is 0.224 e. The number of nitriles is 1. The summed E-state index contributed by atoms with van der Waals surface area (Å²) < 4.78 is 23.3. The number of nitrogens with zero attached hydrogens (tertiary/aromatic N) is 1. The second-order valence-electron chi connectivity index (χ2n) is 5.52. The smallest absolute Gasteiger partial charge is 0.175 e. The van der Waals surface area contributed by atoms with E-state index in [4.69, 9.17) is 0 Å². The van der Waals surface area contributed by atoms with Crippen molar-refractivity contribution < 1.29 is 8.42 Å². The van der Waals surface area contributed by atoms with E-state index >= 15 is 0 Å². The zero-order valence-corrected chi connectivity index (χ0v) is 15.0. The Balaban J connectivity index is 0.000000316. The minimum Gasteiger partial charge on any atom is -0.224 e. The predicted octanol–water partition coefficient (Wildman–Crippen LogP) is 4.62. The summed E-state index contributed by atoms with van der Waals surface area (Å²) in [5.74, 6) is 0. The van der Waals surface area contributed by atoms with E-state index in [2.05, 4.69) is 6.07 Å². The van der Waals surface area contributed by atoms with Crippen molar-refractivity contribution in [3.63, 3.8) is 0 Å². The zero-order valence-electron chi connectivity index (χ0n) is 14.2. The van der Waals surface area contributed by atoms with Gasteiger partial charge in [0.05, 0.1) is 10.5 Å². The van der Waals surface area contributed by atoms with Crippen LogP contribution in [0.4, 0.5) is 0 Å². The third-order valence-corrected chi connectivity index (χ3v) is 4.92. The lowest BCUT2D eigenvalue weighted by atomic mass is 9.97. The standard InChI is InChI=1S/C15H13NO2S.C6H6/c1-11-14(10-16)13(12-6-4-3-5-7-12)8-9-15(11)19(2,17)18;1-2-4-6-5-3-1/h3-9H,1-2H3;1-6H. The van der Waals surface area contributed by atoms with Crippen molar-refractivity contribution in [2.75, 3.05) is 6.26 Å². The minimum absolute atomic E-state index is 0.212. The Morgan fingerprint density at radius 3 is 1.72 bits per heavy atom. The quantitative estimate of drug-likeness (QED) is 0.678. The first-order valence-electron chi connectivity index (χ1n) is 7.74. The Morgan fingerprint density at radius 1 is 0.800 bits per heavy atom. The Labute approximate surface area is 149 Å². The third kappa shape index (κ3) is 4.79. The van der Waals surface area contributed by atoms with Crippen molar-refractivity contribution in [3.05, 3.63) is 90.0 Å². The van der Waals surface area contributed by atoms with Gasteiger partial charge in [0.2, 0.25) is 0 Å². The molecule has 0 unspecified atom stereocenters. The highest BCUT2D eigenvalue weighted by Crippen LogP contribution is 2.29. The lowest BCUT2D eigenvalue weighted by Crippen LogP contribution is -2.02. The van der Waals surface area contributed by atoms with Gasteiger partial charge in [0.15, 0.2) is 9.84 Å². The van der Waals surface area contributed by atoms with Crippen molar-refractivity contribution in [3.8, 4) is 17.2 Å². The maximum absolute atomic E-state index is 11.7.